The molecule has 0 amide bonds. The van der Waals surface area contributed by atoms with Gasteiger partial charge in [-0.3, -0.25) is 0 Å². The van der Waals surface area contributed by atoms with Crippen LogP contribution in [0.2, 0.25) is 0 Å². The lowest BCUT2D eigenvalue weighted by molar-refractivity contribution is 0.773. The van der Waals surface area contributed by atoms with Crippen LogP contribution in [0.5, 0.6) is 0 Å². The maximum absolute atomic E-state index is 5.27. The first-order valence-electron chi connectivity index (χ1n) is 6.74. The summed E-state index contributed by atoms with van der Waals surface area (Å²) in [6.07, 6.45) is 0. The molecule has 0 fully saturated rings. The van der Waals surface area contributed by atoms with Crippen LogP contribution in [0.15, 0.2) is 48.5 Å². The third kappa shape index (κ3) is 2.49. The van der Waals surface area contributed by atoms with Gasteiger partial charge in [0.1, 0.15) is 10.5 Å². The average Bonchev–Trinajstić information content (AvgIpc) is 2.46. The van der Waals surface area contributed by atoms with Crippen molar-refractivity contribution in [1.29, 1.82) is 0 Å². The quantitative estimate of drug-likeness (QED) is 0.663. The number of hydrogen-bond acceptors (Lipinski definition) is 2. The molecule has 0 aliphatic rings. The van der Waals surface area contributed by atoms with E-state index in [9.17, 15) is 0 Å². The first kappa shape index (κ1) is 13.0. The van der Waals surface area contributed by atoms with Crippen LogP contribution >= 0.6 is 12.2 Å². The van der Waals surface area contributed by atoms with E-state index in [2.05, 4.69) is 66.3 Å². The highest BCUT2D eigenvalue weighted by atomic mass is 32.1. The number of nitrogens with zero attached hydrogens (tertiary/aromatic N) is 1. The van der Waals surface area contributed by atoms with Crippen LogP contribution in [-0.4, -0.2) is 9.97 Å². The normalized spacial score (nSPS) is 11.2. The Labute approximate surface area is 123 Å². The summed E-state index contributed by atoms with van der Waals surface area (Å²) in [7, 11) is 0. The molecule has 1 N–H and O–H groups in total. The molecule has 1 aromatic heterocycles. The molecule has 0 aliphatic carbocycles. The summed E-state index contributed by atoms with van der Waals surface area (Å²) >= 11 is 5.27. The van der Waals surface area contributed by atoms with Crippen molar-refractivity contribution < 1.29 is 0 Å². The molecule has 0 aliphatic heterocycles. The highest BCUT2D eigenvalue weighted by molar-refractivity contribution is 7.71. The Kier molecular flexibility index (Phi) is 3.36. The number of fused-ring (bicyclic) bond motifs is 1. The maximum atomic E-state index is 5.27. The van der Waals surface area contributed by atoms with Crippen LogP contribution in [0.4, 0.5) is 0 Å². The molecule has 0 unspecified atom stereocenters. The summed E-state index contributed by atoms with van der Waals surface area (Å²) in [5.41, 5.74) is 2.17. The van der Waals surface area contributed by atoms with E-state index in [-0.39, 0.29) is 0 Å². The zero-order chi connectivity index (χ0) is 14.1. The number of aromatic nitrogens is 2. The molecule has 0 atom stereocenters. The predicted octanol–water partition coefficient (Wildman–Crippen LogP) is 5.08. The second-order valence-electron chi connectivity index (χ2n) is 5.23. The molecule has 0 bridgehead atoms. The van der Waals surface area contributed by atoms with Gasteiger partial charge in [-0.15, -0.1) is 0 Å². The van der Waals surface area contributed by atoms with Crippen LogP contribution in [-0.2, 0) is 0 Å². The highest BCUT2D eigenvalue weighted by Gasteiger charge is 2.06. The van der Waals surface area contributed by atoms with Crippen molar-refractivity contribution in [2.24, 2.45) is 0 Å². The topological polar surface area (TPSA) is 28.7 Å². The molecule has 100 valence electrons. The summed E-state index contributed by atoms with van der Waals surface area (Å²) in [5.74, 6) is 1.26. The van der Waals surface area contributed by atoms with Gasteiger partial charge in [-0.25, -0.2) is 4.98 Å². The Bertz CT molecular complexity index is 818. The fourth-order valence-electron chi connectivity index (χ4n) is 2.26. The van der Waals surface area contributed by atoms with Gasteiger partial charge < -0.3 is 4.98 Å². The van der Waals surface area contributed by atoms with Gasteiger partial charge in [0.15, 0.2) is 0 Å². The first-order valence-corrected chi connectivity index (χ1v) is 7.15. The fourth-order valence-corrected chi connectivity index (χ4v) is 2.48. The molecule has 3 aromatic rings. The molecule has 0 spiro atoms. The Morgan fingerprint density at radius 2 is 1.75 bits per heavy atom. The molecular weight excluding hydrogens is 264 g/mol. The minimum atomic E-state index is 0.331. The molecule has 0 radical (unpaired) electrons. The van der Waals surface area contributed by atoms with Gasteiger partial charge >= 0.3 is 0 Å². The molecule has 2 aromatic carbocycles. The molecule has 3 rings (SSSR count). The van der Waals surface area contributed by atoms with Gasteiger partial charge in [-0.2, -0.15) is 0 Å². The number of rotatable bonds is 2. The van der Waals surface area contributed by atoms with Gasteiger partial charge in [0, 0.05) is 11.6 Å². The van der Waals surface area contributed by atoms with Crippen LogP contribution in [0.3, 0.4) is 0 Å². The van der Waals surface area contributed by atoms with E-state index >= 15 is 0 Å². The summed E-state index contributed by atoms with van der Waals surface area (Å²) < 4.78 is 0.635. The molecule has 2 nitrogen and oxygen atoms in total. The standard InChI is InChI=1S/C17H16N2S/c1-11(2)17-18-15(10-16(20)19-17)14-8-7-12-5-3-4-6-13(12)9-14/h3-11H,1-2H3,(H,18,19,20). The second-order valence-corrected chi connectivity index (χ2v) is 5.65. The average molecular weight is 280 g/mol. The Morgan fingerprint density at radius 1 is 1.00 bits per heavy atom. The molecule has 0 saturated carbocycles. The summed E-state index contributed by atoms with van der Waals surface area (Å²) in [6.45, 7) is 4.22. The molecule has 1 heterocycles. The lowest BCUT2D eigenvalue weighted by Gasteiger charge is -2.09. The Morgan fingerprint density at radius 3 is 2.50 bits per heavy atom. The van der Waals surface area contributed by atoms with E-state index in [0.717, 1.165) is 17.1 Å². The van der Waals surface area contributed by atoms with Gasteiger partial charge in [0.2, 0.25) is 0 Å². The molecule has 0 saturated heterocycles. The van der Waals surface area contributed by atoms with Crippen LogP contribution in [0.25, 0.3) is 22.0 Å². The fraction of sp³-hybridized carbons (Fsp3) is 0.176. The second kappa shape index (κ2) is 5.17. The lowest BCUT2D eigenvalue weighted by Crippen LogP contribution is -1.99. The van der Waals surface area contributed by atoms with Crippen molar-refractivity contribution in [3.05, 3.63) is 59.0 Å². The summed E-state index contributed by atoms with van der Waals surface area (Å²) in [6, 6.07) is 16.7. The van der Waals surface area contributed by atoms with Crippen molar-refractivity contribution in [2.45, 2.75) is 19.8 Å². The molecular formula is C17H16N2S. The summed E-state index contributed by atoms with van der Waals surface area (Å²) in [4.78, 5) is 7.77. The number of aromatic amines is 1. The monoisotopic (exact) mass is 280 g/mol. The third-order valence-corrected chi connectivity index (χ3v) is 3.58. The number of benzene rings is 2. The first-order chi connectivity index (χ1) is 9.63. The van der Waals surface area contributed by atoms with E-state index in [1.807, 2.05) is 6.07 Å². The van der Waals surface area contributed by atoms with Gasteiger partial charge in [-0.1, -0.05) is 62.5 Å². The largest absolute Gasteiger partial charge is 0.343 e. The smallest absolute Gasteiger partial charge is 0.130 e. The van der Waals surface area contributed by atoms with Crippen molar-refractivity contribution in [3.8, 4) is 11.3 Å². The van der Waals surface area contributed by atoms with E-state index in [1.165, 1.54) is 10.8 Å². The maximum Gasteiger partial charge on any atom is 0.130 e. The number of hydrogen-bond donors (Lipinski definition) is 1. The molecule has 3 heteroatoms. The van der Waals surface area contributed by atoms with E-state index in [4.69, 9.17) is 12.2 Å². The van der Waals surface area contributed by atoms with E-state index in [1.54, 1.807) is 0 Å². The van der Waals surface area contributed by atoms with Crippen LogP contribution in [0, 0.1) is 4.64 Å². The van der Waals surface area contributed by atoms with Gasteiger partial charge in [-0.05, 0) is 28.5 Å². The van der Waals surface area contributed by atoms with Crippen molar-refractivity contribution in [1.82, 2.24) is 9.97 Å². The van der Waals surface area contributed by atoms with Crippen LogP contribution < -0.4 is 0 Å². The number of nitrogens with one attached hydrogen (secondary N) is 1. The van der Waals surface area contributed by atoms with Crippen molar-refractivity contribution in [3.63, 3.8) is 0 Å². The predicted molar refractivity (Wildman–Crippen MR) is 86.5 cm³/mol. The Balaban J connectivity index is 2.17. The number of H-pyrrole nitrogens is 1. The SMILES string of the molecule is CC(C)c1nc(=S)cc(-c2ccc3ccccc3c2)[nH]1. The third-order valence-electron chi connectivity index (χ3n) is 3.37. The van der Waals surface area contributed by atoms with Crippen molar-refractivity contribution >= 4 is 23.0 Å². The van der Waals surface area contributed by atoms with Crippen molar-refractivity contribution in [2.75, 3.05) is 0 Å². The molecule has 20 heavy (non-hydrogen) atoms. The zero-order valence-electron chi connectivity index (χ0n) is 11.6. The lowest BCUT2D eigenvalue weighted by atomic mass is 10.0. The van der Waals surface area contributed by atoms with Gasteiger partial charge in [0.05, 0.1) is 0 Å². The zero-order valence-corrected chi connectivity index (χ0v) is 12.4. The van der Waals surface area contributed by atoms with Gasteiger partial charge in [0.25, 0.3) is 0 Å². The minimum Gasteiger partial charge on any atom is -0.343 e. The Hall–Kier alpha value is -2.00. The minimum absolute atomic E-state index is 0.331. The van der Waals surface area contributed by atoms with E-state index < -0.39 is 0 Å². The highest BCUT2D eigenvalue weighted by Crippen LogP contribution is 2.24. The van der Waals surface area contributed by atoms with Crippen LogP contribution in [0.1, 0.15) is 25.6 Å². The van der Waals surface area contributed by atoms with E-state index in [0.29, 0.717) is 10.6 Å². The summed E-state index contributed by atoms with van der Waals surface area (Å²) in [5, 5.41) is 2.47.